The van der Waals surface area contributed by atoms with Gasteiger partial charge in [-0.25, -0.2) is 4.99 Å². The lowest BCUT2D eigenvalue weighted by Gasteiger charge is -2.17. The average molecular weight is 363 g/mol. The second-order valence-corrected chi connectivity index (χ2v) is 6.68. The van der Waals surface area contributed by atoms with Crippen molar-refractivity contribution in [2.75, 3.05) is 27.2 Å². The lowest BCUT2D eigenvalue weighted by molar-refractivity contribution is -0.127. The number of rotatable bonds is 9. The van der Waals surface area contributed by atoms with Crippen molar-refractivity contribution in [3.8, 4) is 5.75 Å². The topological polar surface area (TPSA) is 66.0 Å². The van der Waals surface area contributed by atoms with Crippen LogP contribution in [0.4, 0.5) is 0 Å². The Bertz CT molecular complexity index is 599. The molecule has 6 heteroatoms. The monoisotopic (exact) mass is 362 g/mol. The number of carbonyl (C=O) groups excluding carboxylic acids is 1. The van der Waals surface area contributed by atoms with E-state index in [-0.39, 0.29) is 18.6 Å². The molecule has 0 aromatic heterocycles. The van der Waals surface area contributed by atoms with Gasteiger partial charge in [-0.3, -0.25) is 4.79 Å². The summed E-state index contributed by atoms with van der Waals surface area (Å²) in [6.45, 7) is 9.82. The minimum absolute atomic E-state index is 0.00660. The highest BCUT2D eigenvalue weighted by molar-refractivity contribution is 5.86. The van der Waals surface area contributed by atoms with E-state index in [1.54, 1.807) is 19.0 Å². The summed E-state index contributed by atoms with van der Waals surface area (Å²) in [5, 5.41) is 6.34. The number of likely N-dealkylation sites (N-methyl/N-ethyl adjacent to an activating group) is 1. The highest BCUT2D eigenvalue weighted by Crippen LogP contribution is 2.23. The van der Waals surface area contributed by atoms with Crippen molar-refractivity contribution < 1.29 is 9.53 Å². The number of carbonyl (C=O) groups is 1. The van der Waals surface area contributed by atoms with E-state index >= 15 is 0 Å². The van der Waals surface area contributed by atoms with Crippen LogP contribution in [0, 0.1) is 6.92 Å². The number of guanidine groups is 1. The number of amides is 1. The summed E-state index contributed by atoms with van der Waals surface area (Å²) in [6, 6.07) is 6.18. The quantitative estimate of drug-likeness (QED) is 0.524. The third-order valence-corrected chi connectivity index (χ3v) is 3.98. The fraction of sp³-hybridized carbons (Fsp3) is 0.600. The minimum atomic E-state index is 0.00660. The summed E-state index contributed by atoms with van der Waals surface area (Å²) < 4.78 is 6.05. The van der Waals surface area contributed by atoms with Gasteiger partial charge in [0.2, 0.25) is 5.91 Å². The van der Waals surface area contributed by atoms with Crippen LogP contribution in [0.15, 0.2) is 23.2 Å². The lowest BCUT2D eigenvalue weighted by atomic mass is 10.1. The summed E-state index contributed by atoms with van der Waals surface area (Å²) in [5.41, 5.74) is 2.20. The molecule has 0 fully saturated rings. The Balaban J connectivity index is 2.87. The van der Waals surface area contributed by atoms with E-state index in [1.165, 1.54) is 0 Å². The van der Waals surface area contributed by atoms with Crippen LogP contribution in [0.2, 0.25) is 0 Å². The molecule has 0 saturated heterocycles. The Kier molecular flexibility index (Phi) is 9.55. The van der Waals surface area contributed by atoms with E-state index in [0.29, 0.717) is 12.5 Å². The fourth-order valence-electron chi connectivity index (χ4n) is 2.10. The number of ether oxygens (including phenoxy) is 1. The number of benzene rings is 1. The lowest BCUT2D eigenvalue weighted by Crippen LogP contribution is -2.43. The van der Waals surface area contributed by atoms with E-state index in [4.69, 9.17) is 4.74 Å². The third kappa shape index (κ3) is 7.76. The number of hydrogen-bond acceptors (Lipinski definition) is 3. The van der Waals surface area contributed by atoms with Crippen molar-refractivity contribution in [3.05, 3.63) is 29.3 Å². The Morgan fingerprint density at radius 1 is 1.27 bits per heavy atom. The molecule has 6 nitrogen and oxygen atoms in total. The van der Waals surface area contributed by atoms with Gasteiger partial charge >= 0.3 is 0 Å². The normalized spacial score (nSPS) is 12.5. The molecule has 26 heavy (non-hydrogen) atoms. The van der Waals surface area contributed by atoms with Crippen molar-refractivity contribution in [1.82, 2.24) is 15.5 Å². The molecule has 2 N–H and O–H groups in total. The molecular formula is C20H34N4O2. The summed E-state index contributed by atoms with van der Waals surface area (Å²) in [7, 11) is 3.48. The van der Waals surface area contributed by atoms with Gasteiger partial charge in [-0.2, -0.15) is 0 Å². The molecule has 0 aliphatic rings. The van der Waals surface area contributed by atoms with Gasteiger partial charge in [0.1, 0.15) is 5.75 Å². The van der Waals surface area contributed by atoms with Crippen LogP contribution in [-0.4, -0.2) is 50.1 Å². The maximum atomic E-state index is 11.8. The molecule has 0 heterocycles. The number of nitrogens with one attached hydrogen (secondary N) is 2. The first-order chi connectivity index (χ1) is 12.4. The standard InChI is InChI=1S/C20H34N4O2/c1-7-11-21-20(23-14-19(25)24(5)6)22-13-17-10-9-15(3)12-18(17)26-16(4)8-2/h9-10,12,16H,7-8,11,13-14H2,1-6H3,(H2,21,22,23). The molecule has 1 amide bonds. The summed E-state index contributed by atoms with van der Waals surface area (Å²) >= 11 is 0. The highest BCUT2D eigenvalue weighted by Gasteiger charge is 2.09. The number of nitrogens with zero attached hydrogens (tertiary/aromatic N) is 2. The SMILES string of the molecule is CCCNC(=NCc1ccc(C)cc1OC(C)CC)NCC(=O)N(C)C. The zero-order valence-electron chi connectivity index (χ0n) is 17.1. The van der Waals surface area contributed by atoms with Crippen LogP contribution in [0.1, 0.15) is 44.7 Å². The fourth-order valence-corrected chi connectivity index (χ4v) is 2.10. The first-order valence-corrected chi connectivity index (χ1v) is 9.35. The molecule has 1 rings (SSSR count). The first kappa shape index (κ1) is 21.8. The van der Waals surface area contributed by atoms with Crippen LogP contribution in [0.5, 0.6) is 5.75 Å². The molecule has 1 unspecified atom stereocenters. The Labute approximate surface area is 158 Å². The second kappa shape index (κ2) is 11.4. The molecule has 0 spiro atoms. The molecular weight excluding hydrogens is 328 g/mol. The van der Waals surface area contributed by atoms with Gasteiger partial charge in [0.15, 0.2) is 5.96 Å². The van der Waals surface area contributed by atoms with Crippen molar-refractivity contribution in [2.24, 2.45) is 4.99 Å². The second-order valence-electron chi connectivity index (χ2n) is 6.68. The zero-order chi connectivity index (χ0) is 19.5. The number of aliphatic imine (C=N–C) groups is 1. The van der Waals surface area contributed by atoms with Gasteiger partial charge < -0.3 is 20.3 Å². The van der Waals surface area contributed by atoms with Crippen LogP contribution in [0.3, 0.4) is 0 Å². The smallest absolute Gasteiger partial charge is 0.241 e. The zero-order valence-corrected chi connectivity index (χ0v) is 17.1. The highest BCUT2D eigenvalue weighted by atomic mass is 16.5. The summed E-state index contributed by atoms with van der Waals surface area (Å²) in [4.78, 5) is 18.0. The van der Waals surface area contributed by atoms with Gasteiger partial charge in [-0.1, -0.05) is 26.0 Å². The van der Waals surface area contributed by atoms with Gasteiger partial charge in [-0.05, 0) is 38.3 Å². The van der Waals surface area contributed by atoms with Crippen molar-refractivity contribution in [1.29, 1.82) is 0 Å². The molecule has 0 saturated carbocycles. The summed E-state index contributed by atoms with van der Waals surface area (Å²) in [6.07, 6.45) is 2.09. The van der Waals surface area contributed by atoms with Crippen LogP contribution < -0.4 is 15.4 Å². The van der Waals surface area contributed by atoms with Gasteiger partial charge in [0, 0.05) is 26.2 Å². The molecule has 0 aliphatic heterocycles. The van der Waals surface area contributed by atoms with Crippen molar-refractivity contribution in [3.63, 3.8) is 0 Å². The first-order valence-electron chi connectivity index (χ1n) is 9.35. The van der Waals surface area contributed by atoms with Crippen LogP contribution in [0.25, 0.3) is 0 Å². The molecule has 0 radical (unpaired) electrons. The van der Waals surface area contributed by atoms with Crippen molar-refractivity contribution >= 4 is 11.9 Å². The average Bonchev–Trinajstić information content (AvgIpc) is 2.61. The predicted octanol–water partition coefficient (Wildman–Crippen LogP) is 2.71. The van der Waals surface area contributed by atoms with E-state index in [2.05, 4.69) is 61.5 Å². The Morgan fingerprint density at radius 3 is 2.62 bits per heavy atom. The molecule has 0 bridgehead atoms. The Hall–Kier alpha value is -2.24. The number of hydrogen-bond donors (Lipinski definition) is 2. The molecule has 1 atom stereocenters. The third-order valence-electron chi connectivity index (χ3n) is 3.98. The Morgan fingerprint density at radius 2 is 2.00 bits per heavy atom. The van der Waals surface area contributed by atoms with Gasteiger partial charge in [0.05, 0.1) is 19.2 Å². The number of aryl methyl sites for hydroxylation is 1. The molecule has 1 aromatic rings. The maximum absolute atomic E-state index is 11.8. The van der Waals surface area contributed by atoms with E-state index in [1.807, 2.05) is 0 Å². The van der Waals surface area contributed by atoms with Gasteiger partial charge in [-0.15, -0.1) is 0 Å². The van der Waals surface area contributed by atoms with Crippen LogP contribution >= 0.6 is 0 Å². The van der Waals surface area contributed by atoms with E-state index in [0.717, 1.165) is 36.3 Å². The van der Waals surface area contributed by atoms with Crippen molar-refractivity contribution in [2.45, 2.75) is 53.2 Å². The molecule has 0 aliphatic carbocycles. The minimum Gasteiger partial charge on any atom is -0.490 e. The summed E-state index contributed by atoms with van der Waals surface area (Å²) in [5.74, 6) is 1.52. The van der Waals surface area contributed by atoms with E-state index < -0.39 is 0 Å². The van der Waals surface area contributed by atoms with Crippen LogP contribution in [-0.2, 0) is 11.3 Å². The van der Waals surface area contributed by atoms with E-state index in [9.17, 15) is 4.79 Å². The molecule has 146 valence electrons. The maximum Gasteiger partial charge on any atom is 0.241 e. The molecule has 1 aromatic carbocycles. The van der Waals surface area contributed by atoms with Gasteiger partial charge in [0.25, 0.3) is 0 Å². The predicted molar refractivity (Wildman–Crippen MR) is 108 cm³/mol. The largest absolute Gasteiger partial charge is 0.490 e.